The fourth-order valence-electron chi connectivity index (χ4n) is 8.75. The maximum atomic E-state index is 10.7. The van der Waals surface area contributed by atoms with Crippen LogP contribution in [0.3, 0.4) is 0 Å². The van der Waals surface area contributed by atoms with Gasteiger partial charge < -0.3 is 4.40 Å². The molecular formula is C48H25N3. The van der Waals surface area contributed by atoms with Crippen molar-refractivity contribution < 1.29 is 0 Å². The summed E-state index contributed by atoms with van der Waals surface area (Å²) >= 11 is 0. The van der Waals surface area contributed by atoms with Crippen molar-refractivity contribution in [2.24, 2.45) is 0 Å². The zero-order chi connectivity index (χ0) is 33.8. The largest absolute Gasteiger partial charge is 0.308 e. The Hall–Kier alpha value is -7.20. The zero-order valence-corrected chi connectivity index (χ0v) is 27.3. The summed E-state index contributed by atoms with van der Waals surface area (Å²) in [4.78, 5) is 0. The summed E-state index contributed by atoms with van der Waals surface area (Å²) in [6.45, 7) is 0. The first-order valence-electron chi connectivity index (χ1n) is 17.1. The number of nitriles is 2. The Morgan fingerprint density at radius 3 is 1.18 bits per heavy atom. The molecule has 51 heavy (non-hydrogen) atoms. The first-order chi connectivity index (χ1) is 25.2. The molecule has 9 aromatic carbocycles. The molecule has 2 heterocycles. The average molecular weight is 644 g/mol. The van der Waals surface area contributed by atoms with E-state index in [-0.39, 0.29) is 0 Å². The van der Waals surface area contributed by atoms with Crippen LogP contribution in [0.25, 0.3) is 103 Å². The number of para-hydroxylation sites is 1. The summed E-state index contributed by atoms with van der Waals surface area (Å²) in [6, 6.07) is 58.4. The van der Waals surface area contributed by atoms with Crippen LogP contribution in [0.15, 0.2) is 152 Å². The molecule has 0 bridgehead atoms. The van der Waals surface area contributed by atoms with Crippen molar-refractivity contribution in [3.63, 3.8) is 0 Å². The molecule has 0 N–H and O–H groups in total. The lowest BCUT2D eigenvalue weighted by Crippen LogP contribution is -1.91. The molecule has 232 valence electrons. The van der Waals surface area contributed by atoms with E-state index >= 15 is 0 Å². The lowest BCUT2D eigenvalue weighted by Gasteiger charge is -2.13. The smallest absolute Gasteiger partial charge is 0.0998 e. The Balaban J connectivity index is 1.22. The SMILES string of the molecule is N#Cc1cc2c(cc1-c1cc3ccccc3c3ccccc13)c1cccc3c4cc(-c5cc6ccccc6c6ccccc56)c(C#N)cc4n2c13. The number of fused-ring (bicyclic) bond motifs is 12. The van der Waals surface area contributed by atoms with Crippen molar-refractivity contribution in [2.75, 3.05) is 0 Å². The third-order valence-corrected chi connectivity index (χ3v) is 11.0. The fourth-order valence-corrected chi connectivity index (χ4v) is 8.75. The van der Waals surface area contributed by atoms with E-state index in [1.54, 1.807) is 0 Å². The minimum atomic E-state index is 0.622. The van der Waals surface area contributed by atoms with Gasteiger partial charge in [-0.1, -0.05) is 115 Å². The van der Waals surface area contributed by atoms with E-state index in [1.807, 2.05) is 12.1 Å². The highest BCUT2D eigenvalue weighted by molar-refractivity contribution is 6.25. The molecule has 0 spiro atoms. The van der Waals surface area contributed by atoms with Gasteiger partial charge in [-0.2, -0.15) is 10.5 Å². The van der Waals surface area contributed by atoms with Crippen LogP contribution >= 0.6 is 0 Å². The molecule has 0 aliphatic heterocycles. The Morgan fingerprint density at radius 2 is 0.725 bits per heavy atom. The van der Waals surface area contributed by atoms with Gasteiger partial charge in [-0.15, -0.1) is 0 Å². The normalized spacial score (nSPS) is 11.9. The van der Waals surface area contributed by atoms with Gasteiger partial charge in [0.25, 0.3) is 0 Å². The second kappa shape index (κ2) is 10.2. The van der Waals surface area contributed by atoms with Crippen molar-refractivity contribution >= 4 is 81.2 Å². The number of hydrogen-bond donors (Lipinski definition) is 0. The summed E-state index contributed by atoms with van der Waals surface area (Å²) in [5.41, 5.74) is 8.24. The van der Waals surface area contributed by atoms with E-state index in [1.165, 1.54) is 21.5 Å². The van der Waals surface area contributed by atoms with Crippen LogP contribution in [0.2, 0.25) is 0 Å². The van der Waals surface area contributed by atoms with E-state index < -0.39 is 0 Å². The van der Waals surface area contributed by atoms with Crippen LogP contribution < -0.4 is 0 Å². The van der Waals surface area contributed by atoms with Gasteiger partial charge in [-0.25, -0.2) is 0 Å². The van der Waals surface area contributed by atoms with Gasteiger partial charge in [0.15, 0.2) is 0 Å². The molecule has 0 fully saturated rings. The van der Waals surface area contributed by atoms with Gasteiger partial charge in [-0.3, -0.25) is 0 Å². The zero-order valence-electron chi connectivity index (χ0n) is 27.3. The van der Waals surface area contributed by atoms with Gasteiger partial charge >= 0.3 is 0 Å². The van der Waals surface area contributed by atoms with Crippen molar-refractivity contribution in [3.05, 3.63) is 163 Å². The Bertz CT molecular complexity index is 3170. The van der Waals surface area contributed by atoms with Crippen molar-refractivity contribution in [2.45, 2.75) is 0 Å². The highest BCUT2D eigenvalue weighted by Crippen LogP contribution is 2.45. The van der Waals surface area contributed by atoms with Crippen LogP contribution in [0.5, 0.6) is 0 Å². The Kier molecular flexibility index (Phi) is 5.52. The predicted octanol–water partition coefficient (Wildman–Crippen LogP) is 12.5. The van der Waals surface area contributed by atoms with Gasteiger partial charge in [0.2, 0.25) is 0 Å². The Labute approximate surface area is 292 Å². The van der Waals surface area contributed by atoms with Crippen molar-refractivity contribution in [3.8, 4) is 34.4 Å². The van der Waals surface area contributed by atoms with Crippen LogP contribution in [-0.2, 0) is 0 Å². The summed E-state index contributed by atoms with van der Waals surface area (Å²) in [6.07, 6.45) is 0. The lowest BCUT2D eigenvalue weighted by molar-refractivity contribution is 1.36. The van der Waals surface area contributed by atoms with Crippen molar-refractivity contribution in [1.82, 2.24) is 4.40 Å². The van der Waals surface area contributed by atoms with Crippen LogP contribution in [-0.4, -0.2) is 4.40 Å². The molecule has 0 aliphatic carbocycles. The molecule has 0 amide bonds. The number of rotatable bonds is 2. The first-order valence-corrected chi connectivity index (χ1v) is 17.1. The van der Waals surface area contributed by atoms with E-state index in [9.17, 15) is 10.5 Å². The van der Waals surface area contributed by atoms with Crippen LogP contribution in [0.1, 0.15) is 11.1 Å². The maximum Gasteiger partial charge on any atom is 0.0998 e. The molecule has 3 heteroatoms. The standard InChI is InChI=1S/C48H25N3/c49-26-30-22-46-44(24-40(30)42-20-28-10-1-3-12-32(28)34-14-5-7-16-36(34)42)38-18-9-19-39-45-25-41(31(27-50)23-47(45)51(46)48(38)39)43-21-29-11-2-4-13-33(29)35-15-6-8-17-37(35)43/h1-25H. The second-order valence-corrected chi connectivity index (χ2v) is 13.5. The molecule has 3 nitrogen and oxygen atoms in total. The average Bonchev–Trinajstić information content (AvgIpc) is 3.70. The number of benzene rings is 9. The highest BCUT2D eigenvalue weighted by Gasteiger charge is 2.23. The molecule has 11 aromatic rings. The third kappa shape index (κ3) is 3.70. The lowest BCUT2D eigenvalue weighted by atomic mass is 9.90. The van der Waals surface area contributed by atoms with Crippen LogP contribution in [0, 0.1) is 22.7 Å². The molecule has 0 saturated heterocycles. The third-order valence-electron chi connectivity index (χ3n) is 11.0. The van der Waals surface area contributed by atoms with Gasteiger partial charge in [0.1, 0.15) is 0 Å². The summed E-state index contributed by atoms with van der Waals surface area (Å²) in [7, 11) is 0. The van der Waals surface area contributed by atoms with Crippen LogP contribution in [0.4, 0.5) is 0 Å². The monoisotopic (exact) mass is 643 g/mol. The Morgan fingerprint density at radius 1 is 0.333 bits per heavy atom. The molecule has 2 aromatic heterocycles. The molecule has 0 saturated carbocycles. The highest BCUT2D eigenvalue weighted by atomic mass is 14.9. The van der Waals surface area contributed by atoms with Gasteiger partial charge in [-0.05, 0) is 90.6 Å². The number of aromatic nitrogens is 1. The summed E-state index contributed by atoms with van der Waals surface area (Å²) < 4.78 is 2.27. The quantitative estimate of drug-likeness (QED) is 0.176. The fraction of sp³-hybridized carbons (Fsp3) is 0. The van der Waals surface area contributed by atoms with Gasteiger partial charge in [0.05, 0.1) is 39.8 Å². The molecule has 0 atom stereocenters. The number of nitrogens with zero attached hydrogens (tertiary/aromatic N) is 3. The topological polar surface area (TPSA) is 52.0 Å². The maximum absolute atomic E-state index is 10.7. The van der Waals surface area contributed by atoms with E-state index in [0.717, 1.165) is 81.9 Å². The minimum absolute atomic E-state index is 0.622. The second-order valence-electron chi connectivity index (χ2n) is 13.5. The molecular weight excluding hydrogens is 619 g/mol. The molecule has 0 aliphatic rings. The summed E-state index contributed by atoms with van der Waals surface area (Å²) in [5, 5.41) is 35.1. The van der Waals surface area contributed by atoms with E-state index in [4.69, 9.17) is 0 Å². The first kappa shape index (κ1) is 27.7. The predicted molar refractivity (Wildman–Crippen MR) is 211 cm³/mol. The molecule has 11 rings (SSSR count). The number of hydrogen-bond acceptors (Lipinski definition) is 2. The van der Waals surface area contributed by atoms with E-state index in [2.05, 4.69) is 156 Å². The van der Waals surface area contributed by atoms with Crippen molar-refractivity contribution in [1.29, 1.82) is 10.5 Å². The van der Waals surface area contributed by atoms with E-state index in [0.29, 0.717) is 11.1 Å². The molecule has 0 unspecified atom stereocenters. The molecule has 0 radical (unpaired) electrons. The summed E-state index contributed by atoms with van der Waals surface area (Å²) in [5.74, 6) is 0. The minimum Gasteiger partial charge on any atom is -0.308 e. The van der Waals surface area contributed by atoms with Gasteiger partial charge in [0, 0.05) is 32.7 Å².